The predicted molar refractivity (Wildman–Crippen MR) is 160 cm³/mol. The Bertz CT molecular complexity index is 773. The highest BCUT2D eigenvalue weighted by molar-refractivity contribution is 5.69. The van der Waals surface area contributed by atoms with E-state index in [1.54, 1.807) is 0 Å². The third kappa shape index (κ3) is 13.9. The van der Waals surface area contributed by atoms with Gasteiger partial charge in [0.15, 0.2) is 12.6 Å². The average molecular weight is 655 g/mol. The molecule has 0 bridgehead atoms. The van der Waals surface area contributed by atoms with Crippen LogP contribution in [0.4, 0.5) is 0 Å². The van der Waals surface area contributed by atoms with Crippen molar-refractivity contribution in [3.05, 3.63) is 0 Å². The maximum Gasteiger partial charge on any atom is 0.306 e. The van der Waals surface area contributed by atoms with Gasteiger partial charge in [0.05, 0.1) is 26.4 Å². The van der Waals surface area contributed by atoms with E-state index in [9.17, 15) is 40.5 Å². The third-order valence-electron chi connectivity index (χ3n) is 8.09. The molecule has 0 aromatic carbocycles. The Morgan fingerprint density at radius 3 is 1.76 bits per heavy atom. The summed E-state index contributed by atoms with van der Waals surface area (Å²) in [5, 5.41) is 70.8. The highest BCUT2D eigenvalue weighted by Gasteiger charge is 2.47. The summed E-state index contributed by atoms with van der Waals surface area (Å²) in [6, 6.07) is 0. The lowest BCUT2D eigenvalue weighted by Crippen LogP contribution is -2.61. The monoisotopic (exact) mass is 654 g/mol. The molecule has 0 saturated carbocycles. The standard InChI is InChI=1S/C31H58O14/c1-3-5-6-7-8-9-10-11-12-13-15-40-17-20(43-23(33)14-4-2)18-41-30-29(39)27(37)25(35)22(45-30)19-42-31-28(38)26(36)24(34)21(16-32)44-31/h20-22,24-32,34-39H,3-19H2,1-2H3. The Morgan fingerprint density at radius 1 is 0.644 bits per heavy atom. The summed E-state index contributed by atoms with van der Waals surface area (Å²) in [6.07, 6.45) is -3.33. The molecule has 2 heterocycles. The zero-order chi connectivity index (χ0) is 33.2. The Morgan fingerprint density at radius 2 is 1.18 bits per heavy atom. The van der Waals surface area contributed by atoms with Crippen LogP contribution in [0.3, 0.4) is 0 Å². The second kappa shape index (κ2) is 22.5. The van der Waals surface area contributed by atoms with Crippen LogP contribution >= 0.6 is 0 Å². The van der Waals surface area contributed by atoms with Gasteiger partial charge in [-0.25, -0.2) is 0 Å². The fourth-order valence-electron chi connectivity index (χ4n) is 5.26. The Kier molecular flexibility index (Phi) is 20.1. The van der Waals surface area contributed by atoms with Crippen molar-refractivity contribution >= 4 is 5.97 Å². The molecule has 0 spiro atoms. The highest BCUT2D eigenvalue weighted by atomic mass is 16.7. The van der Waals surface area contributed by atoms with Crippen LogP contribution in [-0.2, 0) is 33.2 Å². The first-order valence-corrected chi connectivity index (χ1v) is 16.6. The topological polar surface area (TPSA) is 214 Å². The minimum atomic E-state index is -1.69. The van der Waals surface area contributed by atoms with Crippen molar-refractivity contribution in [3.63, 3.8) is 0 Å². The molecular weight excluding hydrogens is 596 g/mol. The highest BCUT2D eigenvalue weighted by Crippen LogP contribution is 2.26. The summed E-state index contributed by atoms with van der Waals surface area (Å²) >= 11 is 0. The van der Waals surface area contributed by atoms with Crippen LogP contribution in [0.25, 0.3) is 0 Å². The van der Waals surface area contributed by atoms with E-state index in [-0.39, 0.29) is 19.6 Å². The van der Waals surface area contributed by atoms with Gasteiger partial charge in [-0.3, -0.25) is 4.79 Å². The third-order valence-corrected chi connectivity index (χ3v) is 8.09. The van der Waals surface area contributed by atoms with Crippen LogP contribution in [0.2, 0.25) is 0 Å². The van der Waals surface area contributed by atoms with Crippen LogP contribution in [0.15, 0.2) is 0 Å². The molecule has 14 nitrogen and oxygen atoms in total. The average Bonchev–Trinajstić information content (AvgIpc) is 3.02. The van der Waals surface area contributed by atoms with Crippen molar-refractivity contribution in [2.24, 2.45) is 0 Å². The molecule has 11 atom stereocenters. The molecule has 2 fully saturated rings. The largest absolute Gasteiger partial charge is 0.457 e. The summed E-state index contributed by atoms with van der Waals surface area (Å²) in [7, 11) is 0. The smallest absolute Gasteiger partial charge is 0.306 e. The molecule has 14 heteroatoms. The fraction of sp³-hybridized carbons (Fsp3) is 0.968. The van der Waals surface area contributed by atoms with Crippen LogP contribution in [0, 0.1) is 0 Å². The molecule has 266 valence electrons. The second-order valence-electron chi connectivity index (χ2n) is 12.0. The molecule has 7 N–H and O–H groups in total. The minimum Gasteiger partial charge on any atom is -0.457 e. The van der Waals surface area contributed by atoms with Crippen molar-refractivity contribution in [2.45, 2.75) is 158 Å². The number of unbranched alkanes of at least 4 members (excludes halogenated alkanes) is 9. The summed E-state index contributed by atoms with van der Waals surface area (Å²) < 4.78 is 33.3. The van der Waals surface area contributed by atoms with E-state index in [4.69, 9.17) is 28.4 Å². The maximum atomic E-state index is 12.2. The van der Waals surface area contributed by atoms with Crippen LogP contribution in [-0.4, -0.2) is 142 Å². The molecule has 0 radical (unpaired) electrons. The Labute approximate surface area is 266 Å². The van der Waals surface area contributed by atoms with E-state index in [0.717, 1.165) is 19.3 Å². The molecule has 0 aromatic heterocycles. The fourth-order valence-corrected chi connectivity index (χ4v) is 5.26. The van der Waals surface area contributed by atoms with Crippen LogP contribution < -0.4 is 0 Å². The number of carbonyl (C=O) groups is 1. The van der Waals surface area contributed by atoms with Gasteiger partial charge in [0.2, 0.25) is 0 Å². The van der Waals surface area contributed by atoms with Gasteiger partial charge in [-0.1, -0.05) is 71.6 Å². The zero-order valence-electron chi connectivity index (χ0n) is 26.9. The lowest BCUT2D eigenvalue weighted by Gasteiger charge is -2.42. The van der Waals surface area contributed by atoms with Gasteiger partial charge in [0.25, 0.3) is 0 Å². The molecule has 0 aromatic rings. The van der Waals surface area contributed by atoms with Gasteiger partial charge in [0, 0.05) is 13.0 Å². The van der Waals surface area contributed by atoms with E-state index < -0.39 is 86.7 Å². The number of hydrogen-bond acceptors (Lipinski definition) is 14. The molecule has 2 aliphatic heterocycles. The van der Waals surface area contributed by atoms with E-state index in [1.807, 2.05) is 6.92 Å². The number of aliphatic hydroxyl groups excluding tert-OH is 7. The van der Waals surface area contributed by atoms with E-state index in [2.05, 4.69) is 6.92 Å². The van der Waals surface area contributed by atoms with Gasteiger partial charge in [-0.05, 0) is 12.8 Å². The molecule has 45 heavy (non-hydrogen) atoms. The number of carbonyl (C=O) groups excluding carboxylic acids is 1. The first kappa shape index (κ1) is 40.2. The second-order valence-corrected chi connectivity index (χ2v) is 12.0. The SMILES string of the molecule is CCCCCCCCCCCCOCC(COC1OC(COC2OC(CO)C(O)C(O)C2O)C(O)C(O)C1O)OC(=O)CCC. The van der Waals surface area contributed by atoms with Crippen LogP contribution in [0.5, 0.6) is 0 Å². The summed E-state index contributed by atoms with van der Waals surface area (Å²) in [4.78, 5) is 12.2. The predicted octanol–water partition coefficient (Wildman–Crippen LogP) is 0.277. The zero-order valence-corrected chi connectivity index (χ0v) is 26.9. The summed E-state index contributed by atoms with van der Waals surface area (Å²) in [5.74, 6) is -0.431. The number of hydrogen-bond donors (Lipinski definition) is 7. The van der Waals surface area contributed by atoms with Gasteiger partial charge < -0.3 is 64.2 Å². The molecule has 0 amide bonds. The number of aliphatic hydroxyl groups is 7. The lowest BCUT2D eigenvalue weighted by atomic mass is 9.98. The first-order chi connectivity index (χ1) is 21.6. The molecule has 2 saturated heterocycles. The summed E-state index contributed by atoms with van der Waals surface area (Å²) in [5.41, 5.74) is 0. The van der Waals surface area contributed by atoms with Crippen molar-refractivity contribution in [2.75, 3.05) is 33.0 Å². The van der Waals surface area contributed by atoms with Crippen LogP contribution in [0.1, 0.15) is 90.9 Å². The Balaban J connectivity index is 1.82. The summed E-state index contributed by atoms with van der Waals surface area (Å²) in [6.45, 7) is 3.25. The van der Waals surface area contributed by atoms with Gasteiger partial charge >= 0.3 is 5.97 Å². The molecule has 2 rings (SSSR count). The normalized spacial score (nSPS) is 32.8. The molecule has 0 aliphatic carbocycles. The Hall–Kier alpha value is -1.01. The van der Waals surface area contributed by atoms with E-state index in [1.165, 1.54) is 44.9 Å². The van der Waals surface area contributed by atoms with Gasteiger partial charge in [-0.2, -0.15) is 0 Å². The maximum absolute atomic E-state index is 12.2. The van der Waals surface area contributed by atoms with Crippen molar-refractivity contribution in [1.29, 1.82) is 0 Å². The number of esters is 1. The van der Waals surface area contributed by atoms with Gasteiger partial charge in [0.1, 0.15) is 54.9 Å². The lowest BCUT2D eigenvalue weighted by molar-refractivity contribution is -0.332. The van der Waals surface area contributed by atoms with E-state index >= 15 is 0 Å². The minimum absolute atomic E-state index is 0.0600. The number of rotatable bonds is 23. The molecular formula is C31H58O14. The molecule has 11 unspecified atom stereocenters. The number of ether oxygens (including phenoxy) is 6. The molecule has 2 aliphatic rings. The van der Waals surface area contributed by atoms with Crippen molar-refractivity contribution < 1.29 is 69.0 Å². The quantitative estimate of drug-likeness (QED) is 0.0582. The first-order valence-electron chi connectivity index (χ1n) is 16.6. The van der Waals surface area contributed by atoms with E-state index in [0.29, 0.717) is 13.0 Å². The van der Waals surface area contributed by atoms with Crippen molar-refractivity contribution in [3.8, 4) is 0 Å². The van der Waals surface area contributed by atoms with Crippen molar-refractivity contribution in [1.82, 2.24) is 0 Å². The van der Waals surface area contributed by atoms with Gasteiger partial charge in [-0.15, -0.1) is 0 Å².